The molecule has 1 saturated carbocycles. The highest BCUT2D eigenvalue weighted by atomic mass is 32.2. The van der Waals surface area contributed by atoms with Gasteiger partial charge in [0.05, 0.1) is 11.4 Å². The maximum atomic E-state index is 13.0. The van der Waals surface area contributed by atoms with Crippen LogP contribution in [0.3, 0.4) is 0 Å². The van der Waals surface area contributed by atoms with Crippen LogP contribution >= 0.6 is 0 Å². The molecule has 7 heteroatoms. The lowest BCUT2D eigenvalue weighted by Crippen LogP contribution is -2.55. The fraction of sp³-hybridized carbons (Fsp3) is 0.682. The van der Waals surface area contributed by atoms with Crippen LogP contribution in [0.15, 0.2) is 29.2 Å². The predicted molar refractivity (Wildman–Crippen MR) is 113 cm³/mol. The van der Waals surface area contributed by atoms with Gasteiger partial charge in [0.1, 0.15) is 0 Å². The average Bonchev–Trinajstić information content (AvgIpc) is 2.74. The number of rotatable bonds is 4. The first kappa shape index (κ1) is 20.8. The molecule has 2 atom stereocenters. The summed E-state index contributed by atoms with van der Waals surface area (Å²) >= 11 is 0. The Morgan fingerprint density at radius 1 is 0.931 bits per heavy atom. The van der Waals surface area contributed by atoms with Crippen LogP contribution in [0, 0.1) is 12.8 Å². The third-order valence-corrected chi connectivity index (χ3v) is 8.83. The van der Waals surface area contributed by atoms with E-state index in [1.807, 2.05) is 19.1 Å². The van der Waals surface area contributed by atoms with Gasteiger partial charge in [-0.05, 0) is 50.7 Å². The molecule has 2 heterocycles. The zero-order valence-corrected chi connectivity index (χ0v) is 18.2. The van der Waals surface area contributed by atoms with Crippen molar-refractivity contribution in [3.63, 3.8) is 0 Å². The molecule has 0 spiro atoms. The third-order valence-electron chi connectivity index (χ3n) is 6.91. The summed E-state index contributed by atoms with van der Waals surface area (Å²) in [7, 11) is -3.46. The molecule has 1 aromatic carbocycles. The summed E-state index contributed by atoms with van der Waals surface area (Å²) in [5.41, 5.74) is 1.05. The molecule has 2 aliphatic heterocycles. The first-order valence-electron chi connectivity index (χ1n) is 11.0. The highest BCUT2D eigenvalue weighted by molar-refractivity contribution is 7.89. The average molecular weight is 420 g/mol. The van der Waals surface area contributed by atoms with Crippen LogP contribution in [0.2, 0.25) is 0 Å². The quantitative estimate of drug-likeness (QED) is 0.752. The number of piperidine rings is 1. The maximum Gasteiger partial charge on any atom is 0.243 e. The number of aryl methyl sites for hydroxylation is 1. The molecule has 160 valence electrons. The Bertz CT molecular complexity index is 814. The van der Waals surface area contributed by atoms with Crippen LogP contribution in [0.4, 0.5) is 0 Å². The van der Waals surface area contributed by atoms with Crippen molar-refractivity contribution in [1.82, 2.24) is 14.1 Å². The third kappa shape index (κ3) is 4.52. The number of hydrogen-bond donors (Lipinski definition) is 0. The number of carbonyl (C=O) groups excluding carboxylic acids is 1. The fourth-order valence-corrected chi connectivity index (χ4v) is 6.63. The van der Waals surface area contributed by atoms with Crippen molar-refractivity contribution in [2.24, 2.45) is 5.92 Å². The van der Waals surface area contributed by atoms with Crippen LogP contribution in [-0.2, 0) is 14.8 Å². The van der Waals surface area contributed by atoms with E-state index in [-0.39, 0.29) is 5.91 Å². The number of hydrogen-bond acceptors (Lipinski definition) is 4. The second-order valence-corrected chi connectivity index (χ2v) is 10.8. The van der Waals surface area contributed by atoms with Crippen LogP contribution in [0.25, 0.3) is 0 Å². The monoisotopic (exact) mass is 419 g/mol. The zero-order valence-electron chi connectivity index (χ0n) is 17.4. The van der Waals surface area contributed by atoms with Gasteiger partial charge in [0.2, 0.25) is 15.9 Å². The van der Waals surface area contributed by atoms with Crippen molar-refractivity contribution in [3.8, 4) is 0 Å². The maximum absolute atomic E-state index is 13.0. The number of likely N-dealkylation sites (tertiary alicyclic amines) is 1. The molecule has 0 radical (unpaired) electrons. The molecule has 0 unspecified atom stereocenters. The summed E-state index contributed by atoms with van der Waals surface area (Å²) in [5, 5.41) is 0. The lowest BCUT2D eigenvalue weighted by Gasteiger charge is -2.45. The van der Waals surface area contributed by atoms with Gasteiger partial charge in [0.15, 0.2) is 0 Å². The number of piperazine rings is 1. The SMILES string of the molecule is Cc1ccc(S(=O)(=O)N2CCN(CC(=O)N3CCC[C@@H]4CCCC[C@H]43)CC2)cc1. The van der Waals surface area contributed by atoms with Gasteiger partial charge < -0.3 is 4.90 Å². The summed E-state index contributed by atoms with van der Waals surface area (Å²) in [6.07, 6.45) is 7.35. The van der Waals surface area contributed by atoms with Gasteiger partial charge in [-0.15, -0.1) is 0 Å². The minimum absolute atomic E-state index is 0.233. The van der Waals surface area contributed by atoms with E-state index in [2.05, 4.69) is 9.80 Å². The van der Waals surface area contributed by atoms with Crippen LogP contribution in [0.1, 0.15) is 44.1 Å². The normalized spacial score (nSPS) is 26.9. The van der Waals surface area contributed by atoms with Crippen molar-refractivity contribution in [3.05, 3.63) is 29.8 Å². The van der Waals surface area contributed by atoms with Crippen molar-refractivity contribution in [2.45, 2.75) is 56.4 Å². The summed E-state index contributed by atoms with van der Waals surface area (Å²) in [4.78, 5) is 17.6. The minimum Gasteiger partial charge on any atom is -0.338 e. The molecular formula is C22H33N3O3S. The molecule has 0 N–H and O–H groups in total. The molecule has 2 saturated heterocycles. The Hall–Kier alpha value is -1.44. The second-order valence-electron chi connectivity index (χ2n) is 8.83. The van der Waals surface area contributed by atoms with Crippen LogP contribution < -0.4 is 0 Å². The topological polar surface area (TPSA) is 60.9 Å². The number of amides is 1. The van der Waals surface area contributed by atoms with Gasteiger partial charge in [0, 0.05) is 38.8 Å². The number of fused-ring (bicyclic) bond motifs is 1. The Balaban J connectivity index is 1.32. The highest BCUT2D eigenvalue weighted by Gasteiger charge is 2.36. The largest absolute Gasteiger partial charge is 0.338 e. The fourth-order valence-electron chi connectivity index (χ4n) is 5.20. The molecule has 29 heavy (non-hydrogen) atoms. The number of benzene rings is 1. The molecule has 3 fully saturated rings. The summed E-state index contributed by atoms with van der Waals surface area (Å²) < 4.78 is 27.3. The number of carbonyl (C=O) groups is 1. The van der Waals surface area contributed by atoms with Crippen molar-refractivity contribution in [2.75, 3.05) is 39.3 Å². The van der Waals surface area contributed by atoms with E-state index in [9.17, 15) is 13.2 Å². The van der Waals surface area contributed by atoms with Crippen molar-refractivity contribution in [1.29, 1.82) is 0 Å². The molecule has 6 nitrogen and oxygen atoms in total. The van der Waals surface area contributed by atoms with Crippen LogP contribution in [0.5, 0.6) is 0 Å². The van der Waals surface area contributed by atoms with Gasteiger partial charge in [-0.3, -0.25) is 9.69 Å². The molecule has 3 aliphatic rings. The number of sulfonamides is 1. The highest BCUT2D eigenvalue weighted by Crippen LogP contribution is 2.35. The first-order chi connectivity index (χ1) is 13.9. The smallest absolute Gasteiger partial charge is 0.243 e. The standard InChI is InChI=1S/C22H33N3O3S/c1-18-8-10-20(11-9-18)29(27,28)24-15-13-23(14-16-24)17-22(26)25-12-4-6-19-5-2-3-7-21(19)25/h8-11,19,21H,2-7,12-17H2,1H3/t19-,21+/m0/s1. The van der Waals surface area contributed by atoms with Crippen molar-refractivity contribution < 1.29 is 13.2 Å². The summed E-state index contributed by atoms with van der Waals surface area (Å²) in [5.74, 6) is 0.925. The van der Waals surface area contributed by atoms with E-state index in [1.165, 1.54) is 25.7 Å². The van der Waals surface area contributed by atoms with Crippen LogP contribution in [-0.4, -0.2) is 73.7 Å². The van der Waals surface area contributed by atoms with E-state index < -0.39 is 10.0 Å². The molecule has 1 aliphatic carbocycles. The van der Waals surface area contributed by atoms with Gasteiger partial charge in [-0.25, -0.2) is 8.42 Å². The summed E-state index contributed by atoms with van der Waals surface area (Å²) in [6, 6.07) is 7.46. The Kier molecular flexibility index (Phi) is 6.27. The van der Waals surface area contributed by atoms with Gasteiger partial charge in [-0.1, -0.05) is 30.5 Å². The lowest BCUT2D eigenvalue weighted by atomic mass is 9.78. The van der Waals surface area contributed by atoms with E-state index in [0.29, 0.717) is 49.6 Å². The summed E-state index contributed by atoms with van der Waals surface area (Å²) in [6.45, 7) is 5.36. The molecular weight excluding hydrogens is 386 g/mol. The minimum atomic E-state index is -3.46. The first-order valence-corrected chi connectivity index (χ1v) is 12.5. The Morgan fingerprint density at radius 3 is 2.31 bits per heavy atom. The van der Waals surface area contributed by atoms with E-state index in [0.717, 1.165) is 24.9 Å². The van der Waals surface area contributed by atoms with Gasteiger partial charge in [-0.2, -0.15) is 4.31 Å². The Morgan fingerprint density at radius 2 is 1.59 bits per heavy atom. The molecule has 1 amide bonds. The van der Waals surface area contributed by atoms with E-state index in [4.69, 9.17) is 0 Å². The molecule has 1 aromatic rings. The predicted octanol–water partition coefficient (Wildman–Crippen LogP) is 2.48. The van der Waals surface area contributed by atoms with E-state index >= 15 is 0 Å². The molecule has 4 rings (SSSR count). The van der Waals surface area contributed by atoms with Gasteiger partial charge >= 0.3 is 0 Å². The number of nitrogens with zero attached hydrogens (tertiary/aromatic N) is 3. The van der Waals surface area contributed by atoms with E-state index in [1.54, 1.807) is 16.4 Å². The Labute approximate surface area is 174 Å². The molecule has 0 bridgehead atoms. The van der Waals surface area contributed by atoms with Gasteiger partial charge in [0.25, 0.3) is 0 Å². The molecule has 0 aromatic heterocycles. The second kappa shape index (κ2) is 8.74. The zero-order chi connectivity index (χ0) is 20.4. The lowest BCUT2D eigenvalue weighted by molar-refractivity contribution is -0.139. The van der Waals surface area contributed by atoms with Crippen molar-refractivity contribution >= 4 is 15.9 Å².